The fraction of sp³-hybridized carbons (Fsp3) is 0.231. The van der Waals surface area contributed by atoms with Gasteiger partial charge in [-0.25, -0.2) is 9.78 Å². The quantitative estimate of drug-likeness (QED) is 0.821. The lowest BCUT2D eigenvalue weighted by Gasteiger charge is -1.99. The van der Waals surface area contributed by atoms with Crippen molar-refractivity contribution in [3.63, 3.8) is 0 Å². The number of ether oxygens (including phenoxy) is 1. The molecule has 4 heteroatoms. The summed E-state index contributed by atoms with van der Waals surface area (Å²) in [5.41, 5.74) is 2.76. The van der Waals surface area contributed by atoms with E-state index in [1.807, 2.05) is 25.1 Å². The summed E-state index contributed by atoms with van der Waals surface area (Å²) >= 11 is 0. The van der Waals surface area contributed by atoms with Crippen LogP contribution in [0.1, 0.15) is 27.4 Å². The summed E-state index contributed by atoms with van der Waals surface area (Å²) in [5, 5.41) is 0. The number of rotatable bonds is 3. The molecule has 0 saturated carbocycles. The first kappa shape index (κ1) is 11.4. The molecule has 17 heavy (non-hydrogen) atoms. The summed E-state index contributed by atoms with van der Waals surface area (Å²) < 4.78 is 4.61. The Hall–Kier alpha value is -2.10. The van der Waals surface area contributed by atoms with Crippen LogP contribution in [0.3, 0.4) is 0 Å². The molecule has 2 aromatic rings. The molecule has 0 unspecified atom stereocenters. The van der Waals surface area contributed by atoms with Crippen LogP contribution in [0.15, 0.2) is 30.5 Å². The number of aromatic nitrogens is 2. The van der Waals surface area contributed by atoms with E-state index in [9.17, 15) is 4.79 Å². The summed E-state index contributed by atoms with van der Waals surface area (Å²) in [7, 11) is 1.35. The molecule has 0 amide bonds. The lowest BCUT2D eigenvalue weighted by atomic mass is 10.1. The Morgan fingerprint density at radius 2 is 2.29 bits per heavy atom. The Morgan fingerprint density at radius 3 is 3.00 bits per heavy atom. The number of aromatic amines is 1. The molecule has 4 nitrogen and oxygen atoms in total. The van der Waals surface area contributed by atoms with Crippen LogP contribution in [0.4, 0.5) is 0 Å². The number of nitrogens with zero attached hydrogens (tertiary/aromatic N) is 1. The second-order valence-electron chi connectivity index (χ2n) is 3.90. The zero-order valence-electron chi connectivity index (χ0n) is 9.86. The molecule has 0 radical (unpaired) electrons. The van der Waals surface area contributed by atoms with E-state index in [-0.39, 0.29) is 0 Å². The first-order valence-electron chi connectivity index (χ1n) is 5.37. The second-order valence-corrected chi connectivity index (χ2v) is 3.90. The smallest absolute Gasteiger partial charge is 0.356 e. The fourth-order valence-corrected chi connectivity index (χ4v) is 1.68. The Bertz CT molecular complexity index is 532. The van der Waals surface area contributed by atoms with Crippen molar-refractivity contribution in [3.8, 4) is 0 Å². The second kappa shape index (κ2) is 4.82. The minimum absolute atomic E-state index is 0.384. The van der Waals surface area contributed by atoms with Crippen LogP contribution in [-0.2, 0) is 11.2 Å². The van der Waals surface area contributed by atoms with Crippen LogP contribution in [-0.4, -0.2) is 23.0 Å². The number of imidazole rings is 1. The van der Waals surface area contributed by atoms with Crippen molar-refractivity contribution in [2.45, 2.75) is 13.3 Å². The molecule has 0 aliphatic carbocycles. The summed E-state index contributed by atoms with van der Waals surface area (Å²) in [6.07, 6.45) is 2.18. The van der Waals surface area contributed by atoms with Crippen molar-refractivity contribution in [2.75, 3.05) is 7.11 Å². The maximum atomic E-state index is 11.2. The molecular formula is C13H14N2O2. The van der Waals surface area contributed by atoms with Crippen LogP contribution >= 0.6 is 0 Å². The van der Waals surface area contributed by atoms with Gasteiger partial charge in [0, 0.05) is 6.42 Å². The molecule has 0 fully saturated rings. The Balaban J connectivity index is 2.14. The van der Waals surface area contributed by atoms with Crippen LogP contribution in [0.25, 0.3) is 0 Å². The van der Waals surface area contributed by atoms with Crippen molar-refractivity contribution >= 4 is 5.97 Å². The highest BCUT2D eigenvalue weighted by Gasteiger charge is 2.09. The third kappa shape index (κ3) is 2.72. The number of benzene rings is 1. The Labute approximate surface area is 99.7 Å². The molecule has 2 rings (SSSR count). The van der Waals surface area contributed by atoms with Gasteiger partial charge in [-0.05, 0) is 12.5 Å². The number of aryl methyl sites for hydroxylation is 1. The zero-order valence-corrected chi connectivity index (χ0v) is 9.86. The van der Waals surface area contributed by atoms with Crippen LogP contribution < -0.4 is 0 Å². The highest BCUT2D eigenvalue weighted by molar-refractivity contribution is 5.86. The van der Waals surface area contributed by atoms with Crippen molar-refractivity contribution in [1.29, 1.82) is 0 Å². The van der Waals surface area contributed by atoms with Gasteiger partial charge in [0.05, 0.1) is 13.3 Å². The number of esters is 1. The van der Waals surface area contributed by atoms with Crippen molar-refractivity contribution < 1.29 is 9.53 Å². The van der Waals surface area contributed by atoms with Crippen LogP contribution in [0.5, 0.6) is 0 Å². The SMILES string of the molecule is COC(=O)c1cnc(Cc2cccc(C)c2)[nH]1. The van der Waals surface area contributed by atoms with E-state index < -0.39 is 5.97 Å². The topological polar surface area (TPSA) is 55.0 Å². The van der Waals surface area contributed by atoms with Crippen molar-refractivity contribution in [1.82, 2.24) is 9.97 Å². The molecule has 88 valence electrons. The third-order valence-electron chi connectivity index (χ3n) is 2.49. The number of carbonyl (C=O) groups is 1. The van der Waals surface area contributed by atoms with E-state index in [4.69, 9.17) is 0 Å². The van der Waals surface area contributed by atoms with E-state index in [1.165, 1.54) is 18.9 Å². The number of nitrogens with one attached hydrogen (secondary N) is 1. The van der Waals surface area contributed by atoms with Crippen LogP contribution in [0, 0.1) is 6.92 Å². The van der Waals surface area contributed by atoms with Gasteiger partial charge in [0.2, 0.25) is 0 Å². The highest BCUT2D eigenvalue weighted by atomic mass is 16.5. The maximum absolute atomic E-state index is 11.2. The van der Waals surface area contributed by atoms with Gasteiger partial charge in [0.15, 0.2) is 0 Å². The molecule has 0 aliphatic heterocycles. The molecule has 1 heterocycles. The largest absolute Gasteiger partial charge is 0.464 e. The van der Waals surface area contributed by atoms with Gasteiger partial charge >= 0.3 is 5.97 Å². The Kier molecular flexibility index (Phi) is 3.23. The maximum Gasteiger partial charge on any atom is 0.356 e. The molecule has 1 aromatic heterocycles. The van der Waals surface area contributed by atoms with Gasteiger partial charge in [-0.1, -0.05) is 29.8 Å². The summed E-state index contributed by atoms with van der Waals surface area (Å²) in [6.45, 7) is 2.05. The van der Waals surface area contributed by atoms with Gasteiger partial charge in [0.1, 0.15) is 11.5 Å². The van der Waals surface area contributed by atoms with Gasteiger partial charge in [-0.15, -0.1) is 0 Å². The van der Waals surface area contributed by atoms with E-state index in [1.54, 1.807) is 0 Å². The van der Waals surface area contributed by atoms with Crippen LogP contribution in [0.2, 0.25) is 0 Å². The summed E-state index contributed by atoms with van der Waals surface area (Å²) in [6, 6.07) is 8.19. The van der Waals surface area contributed by atoms with E-state index in [0.29, 0.717) is 12.1 Å². The number of hydrogen-bond donors (Lipinski definition) is 1. The fourth-order valence-electron chi connectivity index (χ4n) is 1.68. The van der Waals surface area contributed by atoms with Gasteiger partial charge in [-0.3, -0.25) is 0 Å². The molecule has 0 aliphatic rings. The number of H-pyrrole nitrogens is 1. The monoisotopic (exact) mass is 230 g/mol. The first-order valence-corrected chi connectivity index (χ1v) is 5.37. The lowest BCUT2D eigenvalue weighted by Crippen LogP contribution is -2.01. The third-order valence-corrected chi connectivity index (χ3v) is 2.49. The van der Waals surface area contributed by atoms with E-state index in [2.05, 4.69) is 20.8 Å². The normalized spacial score (nSPS) is 10.2. The van der Waals surface area contributed by atoms with Gasteiger partial charge in [-0.2, -0.15) is 0 Å². The molecular weight excluding hydrogens is 216 g/mol. The molecule has 0 bridgehead atoms. The molecule has 1 N–H and O–H groups in total. The average Bonchev–Trinajstić information content (AvgIpc) is 2.76. The summed E-state index contributed by atoms with van der Waals surface area (Å²) in [4.78, 5) is 18.3. The first-order chi connectivity index (χ1) is 8.19. The minimum atomic E-state index is -0.395. The van der Waals surface area contributed by atoms with E-state index >= 15 is 0 Å². The average molecular weight is 230 g/mol. The molecule has 0 spiro atoms. The van der Waals surface area contributed by atoms with E-state index in [0.717, 1.165) is 11.4 Å². The number of hydrogen-bond acceptors (Lipinski definition) is 3. The molecule has 0 atom stereocenters. The van der Waals surface area contributed by atoms with Gasteiger partial charge < -0.3 is 9.72 Å². The van der Waals surface area contributed by atoms with Crippen molar-refractivity contribution in [2.24, 2.45) is 0 Å². The van der Waals surface area contributed by atoms with Gasteiger partial charge in [0.25, 0.3) is 0 Å². The number of carbonyl (C=O) groups excluding carboxylic acids is 1. The lowest BCUT2D eigenvalue weighted by molar-refractivity contribution is 0.0594. The molecule has 1 aromatic carbocycles. The zero-order chi connectivity index (χ0) is 12.3. The van der Waals surface area contributed by atoms with Crippen molar-refractivity contribution in [3.05, 3.63) is 53.1 Å². The minimum Gasteiger partial charge on any atom is -0.464 e. The standard InChI is InChI=1S/C13H14N2O2/c1-9-4-3-5-10(6-9)7-12-14-8-11(15-12)13(16)17-2/h3-6,8H,7H2,1-2H3,(H,14,15). The summed E-state index contributed by atoms with van der Waals surface area (Å²) in [5.74, 6) is 0.365. The number of methoxy groups -OCH3 is 1. The molecule has 0 saturated heterocycles. The Morgan fingerprint density at radius 1 is 1.47 bits per heavy atom. The predicted molar refractivity (Wildman–Crippen MR) is 63.9 cm³/mol. The highest BCUT2D eigenvalue weighted by Crippen LogP contribution is 2.09. The predicted octanol–water partition coefficient (Wildman–Crippen LogP) is 2.10.